The van der Waals surface area contributed by atoms with Crippen molar-refractivity contribution in [1.82, 2.24) is 9.80 Å². The Labute approximate surface area is 140 Å². The zero-order valence-corrected chi connectivity index (χ0v) is 14.5. The molecule has 23 heavy (non-hydrogen) atoms. The van der Waals surface area contributed by atoms with Gasteiger partial charge in [-0.25, -0.2) is 0 Å². The van der Waals surface area contributed by atoms with E-state index in [9.17, 15) is 4.79 Å². The normalized spacial score (nSPS) is 23.4. The first kappa shape index (κ1) is 16.5. The highest BCUT2D eigenvalue weighted by atomic mass is 16.1. The topological polar surface area (TPSA) is 26.8 Å². The first-order chi connectivity index (χ1) is 11.1. The van der Waals surface area contributed by atoms with Crippen LogP contribution in [0.25, 0.3) is 0 Å². The van der Waals surface area contributed by atoms with E-state index in [1.165, 1.54) is 38.0 Å². The number of Topliss-reactive ketones (excluding diaryl/α,β-unsaturated/α-hetero) is 1. The molecule has 0 amide bonds. The Balaban J connectivity index is 1.45. The molecule has 2 fully saturated rings. The summed E-state index contributed by atoms with van der Waals surface area (Å²) in [6.07, 6.45) is 4.05. The Morgan fingerprint density at radius 1 is 1.09 bits per heavy atom. The molecule has 0 bridgehead atoms. The summed E-state index contributed by atoms with van der Waals surface area (Å²) in [5.41, 5.74) is 2.04. The Bertz CT molecular complexity index is 520. The average molecular weight is 315 g/mol. The van der Waals surface area contributed by atoms with Gasteiger partial charge in [0, 0.05) is 43.5 Å². The number of carbonyl (C=O) groups is 1. The van der Waals surface area contributed by atoms with Crippen LogP contribution in [0.2, 0.25) is 0 Å². The standard InChI is InChI=1S/C19H29N3O/c1-16(23)17-5-7-19(8-6-17)22-14-12-21(13-15-22)11-9-18-4-3-10-20(18)2/h5-8,18H,3-4,9-15H2,1-2H3/t18-/m1/s1. The van der Waals surface area contributed by atoms with Crippen molar-refractivity contribution >= 4 is 11.5 Å². The molecule has 0 aliphatic carbocycles. The van der Waals surface area contributed by atoms with Crippen molar-refractivity contribution in [3.8, 4) is 0 Å². The van der Waals surface area contributed by atoms with E-state index in [2.05, 4.69) is 33.9 Å². The average Bonchev–Trinajstić information content (AvgIpc) is 2.99. The van der Waals surface area contributed by atoms with Crippen LogP contribution in [-0.4, -0.2) is 67.9 Å². The molecule has 0 radical (unpaired) electrons. The zero-order valence-electron chi connectivity index (χ0n) is 14.5. The molecule has 2 aliphatic rings. The molecular formula is C19H29N3O. The third-order valence-electron chi connectivity index (χ3n) is 5.46. The van der Waals surface area contributed by atoms with E-state index in [0.717, 1.165) is 37.8 Å². The second kappa shape index (κ2) is 7.45. The second-order valence-electron chi connectivity index (χ2n) is 7.00. The maximum absolute atomic E-state index is 11.4. The highest BCUT2D eigenvalue weighted by Crippen LogP contribution is 2.20. The molecule has 4 nitrogen and oxygen atoms in total. The predicted molar refractivity (Wildman–Crippen MR) is 95.4 cm³/mol. The fourth-order valence-electron chi connectivity index (χ4n) is 3.81. The quantitative estimate of drug-likeness (QED) is 0.780. The summed E-state index contributed by atoms with van der Waals surface area (Å²) < 4.78 is 0. The lowest BCUT2D eigenvalue weighted by Crippen LogP contribution is -2.47. The summed E-state index contributed by atoms with van der Waals surface area (Å²) in [5, 5.41) is 0. The highest BCUT2D eigenvalue weighted by Gasteiger charge is 2.23. The first-order valence-corrected chi connectivity index (χ1v) is 8.92. The van der Waals surface area contributed by atoms with Gasteiger partial charge in [0.05, 0.1) is 0 Å². The summed E-state index contributed by atoms with van der Waals surface area (Å²) >= 11 is 0. The minimum atomic E-state index is 0.137. The molecule has 4 heteroatoms. The van der Waals surface area contributed by atoms with Gasteiger partial charge in [0.15, 0.2) is 5.78 Å². The van der Waals surface area contributed by atoms with Crippen LogP contribution in [-0.2, 0) is 0 Å². The zero-order chi connectivity index (χ0) is 16.2. The van der Waals surface area contributed by atoms with E-state index < -0.39 is 0 Å². The number of nitrogens with zero attached hydrogens (tertiary/aromatic N) is 3. The molecule has 0 unspecified atom stereocenters. The fourth-order valence-corrected chi connectivity index (χ4v) is 3.81. The van der Waals surface area contributed by atoms with Crippen LogP contribution in [0.15, 0.2) is 24.3 Å². The van der Waals surface area contributed by atoms with Gasteiger partial charge in [0.2, 0.25) is 0 Å². The minimum absolute atomic E-state index is 0.137. The molecular weight excluding hydrogens is 286 g/mol. The molecule has 0 N–H and O–H groups in total. The van der Waals surface area contributed by atoms with Crippen molar-refractivity contribution in [2.24, 2.45) is 0 Å². The predicted octanol–water partition coefficient (Wildman–Crippen LogP) is 2.50. The lowest BCUT2D eigenvalue weighted by atomic mass is 10.1. The molecule has 1 atom stereocenters. The first-order valence-electron chi connectivity index (χ1n) is 8.92. The van der Waals surface area contributed by atoms with Crippen LogP contribution in [0.1, 0.15) is 36.5 Å². The number of hydrogen-bond acceptors (Lipinski definition) is 4. The van der Waals surface area contributed by atoms with Crippen LogP contribution in [0, 0.1) is 0 Å². The van der Waals surface area contributed by atoms with Crippen molar-refractivity contribution in [2.45, 2.75) is 32.2 Å². The van der Waals surface area contributed by atoms with E-state index in [4.69, 9.17) is 0 Å². The number of ketones is 1. The third-order valence-corrected chi connectivity index (χ3v) is 5.46. The summed E-state index contributed by atoms with van der Waals surface area (Å²) in [5.74, 6) is 0.137. The summed E-state index contributed by atoms with van der Waals surface area (Å²) in [7, 11) is 2.26. The Kier molecular flexibility index (Phi) is 5.34. The Morgan fingerprint density at radius 2 is 1.78 bits per heavy atom. The van der Waals surface area contributed by atoms with E-state index in [-0.39, 0.29) is 5.78 Å². The number of likely N-dealkylation sites (tertiary alicyclic amines) is 1. The molecule has 0 spiro atoms. The molecule has 1 aromatic rings. The van der Waals surface area contributed by atoms with E-state index in [1.54, 1.807) is 6.92 Å². The number of carbonyl (C=O) groups excluding carboxylic acids is 1. The lowest BCUT2D eigenvalue weighted by molar-refractivity contribution is 0.101. The summed E-state index contributed by atoms with van der Waals surface area (Å²) in [6.45, 7) is 8.58. The van der Waals surface area contributed by atoms with Crippen LogP contribution < -0.4 is 4.90 Å². The Morgan fingerprint density at radius 3 is 2.35 bits per heavy atom. The van der Waals surface area contributed by atoms with E-state index >= 15 is 0 Å². The SMILES string of the molecule is CC(=O)c1ccc(N2CCN(CC[C@H]3CCCN3C)CC2)cc1. The highest BCUT2D eigenvalue weighted by molar-refractivity contribution is 5.94. The number of benzene rings is 1. The van der Waals surface area contributed by atoms with Gasteiger partial charge >= 0.3 is 0 Å². The van der Waals surface area contributed by atoms with E-state index in [1.807, 2.05) is 12.1 Å². The van der Waals surface area contributed by atoms with Gasteiger partial charge < -0.3 is 9.80 Å². The molecule has 0 aromatic heterocycles. The fraction of sp³-hybridized carbons (Fsp3) is 0.632. The van der Waals surface area contributed by atoms with Crippen molar-refractivity contribution in [2.75, 3.05) is 51.2 Å². The number of anilines is 1. The molecule has 0 saturated carbocycles. The van der Waals surface area contributed by atoms with Crippen molar-refractivity contribution < 1.29 is 4.79 Å². The summed E-state index contributed by atoms with van der Waals surface area (Å²) in [4.78, 5) is 18.9. The van der Waals surface area contributed by atoms with Crippen molar-refractivity contribution in [3.63, 3.8) is 0 Å². The van der Waals surface area contributed by atoms with Gasteiger partial charge in [-0.1, -0.05) is 0 Å². The van der Waals surface area contributed by atoms with E-state index in [0.29, 0.717) is 0 Å². The van der Waals surface area contributed by atoms with Gasteiger partial charge in [0.1, 0.15) is 0 Å². The Hall–Kier alpha value is -1.39. The summed E-state index contributed by atoms with van der Waals surface area (Å²) in [6, 6.07) is 8.85. The molecule has 1 aromatic carbocycles. The minimum Gasteiger partial charge on any atom is -0.369 e. The monoisotopic (exact) mass is 315 g/mol. The van der Waals surface area contributed by atoms with Gasteiger partial charge in [-0.05, 0) is 70.6 Å². The number of rotatable bonds is 5. The smallest absolute Gasteiger partial charge is 0.159 e. The third kappa shape index (κ3) is 4.12. The molecule has 2 heterocycles. The largest absolute Gasteiger partial charge is 0.369 e. The van der Waals surface area contributed by atoms with Gasteiger partial charge in [-0.15, -0.1) is 0 Å². The van der Waals surface area contributed by atoms with Crippen LogP contribution in [0.5, 0.6) is 0 Å². The van der Waals surface area contributed by atoms with Crippen molar-refractivity contribution in [3.05, 3.63) is 29.8 Å². The molecule has 2 aliphatic heterocycles. The van der Waals surface area contributed by atoms with Gasteiger partial charge in [-0.2, -0.15) is 0 Å². The molecule has 2 saturated heterocycles. The van der Waals surface area contributed by atoms with Crippen LogP contribution in [0.3, 0.4) is 0 Å². The van der Waals surface area contributed by atoms with Crippen LogP contribution in [0.4, 0.5) is 5.69 Å². The maximum atomic E-state index is 11.4. The van der Waals surface area contributed by atoms with Crippen molar-refractivity contribution in [1.29, 1.82) is 0 Å². The van der Waals surface area contributed by atoms with Crippen LogP contribution >= 0.6 is 0 Å². The molecule has 3 rings (SSSR count). The van der Waals surface area contributed by atoms with Gasteiger partial charge in [0.25, 0.3) is 0 Å². The molecule has 126 valence electrons. The lowest BCUT2D eigenvalue weighted by Gasteiger charge is -2.36. The van der Waals surface area contributed by atoms with Gasteiger partial charge in [-0.3, -0.25) is 9.69 Å². The number of piperazine rings is 1. The second-order valence-corrected chi connectivity index (χ2v) is 7.00. The maximum Gasteiger partial charge on any atom is 0.159 e. The number of hydrogen-bond donors (Lipinski definition) is 0.